The van der Waals surface area contributed by atoms with Gasteiger partial charge in [0.2, 0.25) is 0 Å². The molecule has 1 aromatic heterocycles. The molecule has 0 bridgehead atoms. The van der Waals surface area contributed by atoms with Gasteiger partial charge >= 0.3 is 0 Å². The first kappa shape index (κ1) is 20.1. The van der Waals surface area contributed by atoms with Crippen molar-refractivity contribution >= 4 is 52.9 Å². The number of halogens is 2. The third-order valence-electron chi connectivity index (χ3n) is 3.58. The summed E-state index contributed by atoms with van der Waals surface area (Å²) in [5.41, 5.74) is 1.02. The molecule has 1 aliphatic heterocycles. The van der Waals surface area contributed by atoms with Gasteiger partial charge < -0.3 is 20.1 Å². The minimum atomic E-state index is 0. The minimum Gasteiger partial charge on any atom is -0.486 e. The van der Waals surface area contributed by atoms with Gasteiger partial charge in [0.1, 0.15) is 13.2 Å². The zero-order valence-corrected chi connectivity index (χ0v) is 17.8. The van der Waals surface area contributed by atoms with Gasteiger partial charge in [0.25, 0.3) is 0 Å². The molecule has 3 rings (SSSR count). The van der Waals surface area contributed by atoms with Gasteiger partial charge in [-0.1, -0.05) is 17.7 Å². The number of thiophene rings is 1. The van der Waals surface area contributed by atoms with Gasteiger partial charge in [-0.3, -0.25) is 4.99 Å². The number of hydrogen-bond acceptors (Lipinski definition) is 4. The predicted octanol–water partition coefficient (Wildman–Crippen LogP) is 3.70. The molecule has 25 heavy (non-hydrogen) atoms. The molecule has 0 fully saturated rings. The Bertz CT molecular complexity index is 710. The summed E-state index contributed by atoms with van der Waals surface area (Å²) < 4.78 is 11.1. The number of fused-ring (bicyclic) bond motifs is 1. The van der Waals surface area contributed by atoms with E-state index >= 15 is 0 Å². The molecule has 8 heteroatoms. The van der Waals surface area contributed by atoms with Crippen molar-refractivity contribution in [2.24, 2.45) is 4.99 Å². The summed E-state index contributed by atoms with van der Waals surface area (Å²) in [6.45, 7) is 2.52. The Labute approximate surface area is 173 Å². The highest BCUT2D eigenvalue weighted by molar-refractivity contribution is 14.0. The van der Waals surface area contributed by atoms with E-state index in [0.717, 1.165) is 24.5 Å². The maximum absolute atomic E-state index is 6.26. The van der Waals surface area contributed by atoms with E-state index in [-0.39, 0.29) is 24.0 Å². The number of rotatable bonds is 5. The number of benzene rings is 1. The van der Waals surface area contributed by atoms with Crippen molar-refractivity contribution in [1.82, 2.24) is 10.6 Å². The van der Waals surface area contributed by atoms with Crippen LogP contribution in [-0.4, -0.2) is 32.8 Å². The van der Waals surface area contributed by atoms with Crippen molar-refractivity contribution in [3.8, 4) is 11.5 Å². The Balaban J connectivity index is 0.00000225. The van der Waals surface area contributed by atoms with Crippen LogP contribution in [0.1, 0.15) is 10.4 Å². The molecule has 0 radical (unpaired) electrons. The second kappa shape index (κ2) is 10.1. The van der Waals surface area contributed by atoms with Crippen molar-refractivity contribution in [1.29, 1.82) is 0 Å². The Hall–Kier alpha value is -1.19. The SMILES string of the molecule is CN=C(NCCc1cccs1)NCc1cc(Cl)c2c(c1)OCCO2.I. The van der Waals surface area contributed by atoms with Gasteiger partial charge in [-0.2, -0.15) is 0 Å². The van der Waals surface area contributed by atoms with Crippen LogP contribution in [0, 0.1) is 0 Å². The molecule has 2 heterocycles. The van der Waals surface area contributed by atoms with E-state index in [1.54, 1.807) is 18.4 Å². The first-order valence-electron chi connectivity index (χ1n) is 7.81. The summed E-state index contributed by atoms with van der Waals surface area (Å²) in [4.78, 5) is 5.60. The smallest absolute Gasteiger partial charge is 0.191 e. The average molecular weight is 494 g/mol. The summed E-state index contributed by atoms with van der Waals surface area (Å²) >= 11 is 8.03. The Kier molecular flexibility index (Phi) is 8.11. The maximum atomic E-state index is 6.26. The fraction of sp³-hybridized carbons (Fsp3) is 0.353. The molecule has 0 saturated heterocycles. The summed E-state index contributed by atoms with van der Waals surface area (Å²) in [6, 6.07) is 8.05. The topological polar surface area (TPSA) is 54.9 Å². The van der Waals surface area contributed by atoms with Gasteiger partial charge in [-0.05, 0) is 35.6 Å². The normalized spacial score (nSPS) is 13.1. The number of aliphatic imine (C=N–C) groups is 1. The van der Waals surface area contributed by atoms with Crippen LogP contribution in [0.4, 0.5) is 0 Å². The van der Waals surface area contributed by atoms with E-state index in [1.165, 1.54) is 4.88 Å². The molecule has 0 saturated carbocycles. The Morgan fingerprint density at radius 3 is 2.88 bits per heavy atom. The first-order valence-corrected chi connectivity index (χ1v) is 9.07. The van der Waals surface area contributed by atoms with Crippen LogP contribution >= 0.6 is 46.9 Å². The fourth-order valence-corrected chi connectivity index (χ4v) is 3.43. The summed E-state index contributed by atoms with van der Waals surface area (Å²) in [6.07, 6.45) is 0.980. The zero-order valence-electron chi connectivity index (χ0n) is 13.9. The highest BCUT2D eigenvalue weighted by Crippen LogP contribution is 2.38. The number of nitrogens with zero attached hydrogens (tertiary/aromatic N) is 1. The maximum Gasteiger partial charge on any atom is 0.191 e. The van der Waals surface area contributed by atoms with Crippen molar-refractivity contribution in [2.45, 2.75) is 13.0 Å². The predicted molar refractivity (Wildman–Crippen MR) is 114 cm³/mol. The lowest BCUT2D eigenvalue weighted by molar-refractivity contribution is 0.171. The van der Waals surface area contributed by atoms with E-state index in [0.29, 0.717) is 36.3 Å². The molecule has 1 aromatic carbocycles. The van der Waals surface area contributed by atoms with Crippen molar-refractivity contribution < 1.29 is 9.47 Å². The zero-order chi connectivity index (χ0) is 16.8. The monoisotopic (exact) mass is 493 g/mol. The van der Waals surface area contributed by atoms with Gasteiger partial charge in [-0.15, -0.1) is 35.3 Å². The summed E-state index contributed by atoms with van der Waals surface area (Å²) in [5.74, 6) is 2.09. The van der Waals surface area contributed by atoms with E-state index in [4.69, 9.17) is 21.1 Å². The molecule has 0 unspecified atom stereocenters. The number of nitrogens with one attached hydrogen (secondary N) is 2. The van der Waals surface area contributed by atoms with Crippen LogP contribution in [0.2, 0.25) is 5.02 Å². The highest BCUT2D eigenvalue weighted by atomic mass is 127. The standard InChI is InChI=1S/C17H20ClN3O2S.HI/c1-19-17(20-5-4-13-3-2-8-24-13)21-11-12-9-14(18)16-15(10-12)22-6-7-23-16;/h2-3,8-10H,4-7,11H2,1H3,(H2,19,20,21);1H. The van der Waals surface area contributed by atoms with Gasteiger partial charge in [0, 0.05) is 25.0 Å². The van der Waals surface area contributed by atoms with Gasteiger partial charge in [-0.25, -0.2) is 0 Å². The van der Waals surface area contributed by atoms with E-state index in [1.807, 2.05) is 12.1 Å². The summed E-state index contributed by atoms with van der Waals surface area (Å²) in [7, 11) is 1.76. The van der Waals surface area contributed by atoms with Crippen LogP contribution in [0.15, 0.2) is 34.6 Å². The first-order chi connectivity index (χ1) is 11.8. The van der Waals surface area contributed by atoms with Crippen molar-refractivity contribution in [3.05, 3.63) is 45.1 Å². The molecule has 0 spiro atoms. The number of ether oxygens (including phenoxy) is 2. The minimum absolute atomic E-state index is 0. The highest BCUT2D eigenvalue weighted by Gasteiger charge is 2.16. The van der Waals surface area contributed by atoms with Gasteiger partial charge in [0.05, 0.1) is 5.02 Å². The summed E-state index contributed by atoms with van der Waals surface area (Å²) in [5, 5.41) is 9.26. The molecule has 1 aliphatic rings. The molecule has 5 nitrogen and oxygen atoms in total. The lowest BCUT2D eigenvalue weighted by Gasteiger charge is -2.20. The Morgan fingerprint density at radius 1 is 1.28 bits per heavy atom. The molecule has 0 aliphatic carbocycles. The average Bonchev–Trinajstić information content (AvgIpc) is 3.11. The van der Waals surface area contributed by atoms with E-state index in [2.05, 4.69) is 33.1 Å². The molecule has 2 aromatic rings. The van der Waals surface area contributed by atoms with Crippen LogP contribution in [0.3, 0.4) is 0 Å². The van der Waals surface area contributed by atoms with Gasteiger partial charge in [0.15, 0.2) is 17.5 Å². The lowest BCUT2D eigenvalue weighted by atomic mass is 10.2. The molecule has 136 valence electrons. The van der Waals surface area contributed by atoms with Crippen LogP contribution < -0.4 is 20.1 Å². The van der Waals surface area contributed by atoms with E-state index < -0.39 is 0 Å². The Morgan fingerprint density at radius 2 is 2.12 bits per heavy atom. The largest absolute Gasteiger partial charge is 0.486 e. The second-order valence-corrected chi connectivity index (χ2v) is 6.72. The van der Waals surface area contributed by atoms with Crippen LogP contribution in [-0.2, 0) is 13.0 Å². The molecular formula is C17H21ClIN3O2S. The van der Waals surface area contributed by atoms with Crippen molar-refractivity contribution in [2.75, 3.05) is 26.8 Å². The van der Waals surface area contributed by atoms with Crippen molar-refractivity contribution in [3.63, 3.8) is 0 Å². The second-order valence-electron chi connectivity index (χ2n) is 5.28. The van der Waals surface area contributed by atoms with E-state index in [9.17, 15) is 0 Å². The number of guanidine groups is 1. The van der Waals surface area contributed by atoms with Crippen LogP contribution in [0.5, 0.6) is 11.5 Å². The molecular weight excluding hydrogens is 473 g/mol. The quantitative estimate of drug-likeness (QED) is 0.379. The molecule has 2 N–H and O–H groups in total. The fourth-order valence-electron chi connectivity index (χ4n) is 2.43. The molecule has 0 atom stereocenters. The molecule has 0 amide bonds. The van der Waals surface area contributed by atoms with Crippen LogP contribution in [0.25, 0.3) is 0 Å². The third kappa shape index (κ3) is 5.65. The number of hydrogen-bond donors (Lipinski definition) is 2. The lowest BCUT2D eigenvalue weighted by Crippen LogP contribution is -2.37. The third-order valence-corrected chi connectivity index (χ3v) is 4.80.